The summed E-state index contributed by atoms with van der Waals surface area (Å²) in [7, 11) is 0. The third-order valence-corrected chi connectivity index (χ3v) is 2.92. The van der Waals surface area contributed by atoms with E-state index in [1.165, 1.54) is 11.8 Å². The van der Waals surface area contributed by atoms with Crippen LogP contribution in [0.25, 0.3) is 0 Å². The maximum Gasteiger partial charge on any atom is 0.320 e. The number of nitrogens with one attached hydrogen (secondary N) is 1. The highest BCUT2D eigenvalue weighted by Gasteiger charge is 2.17. The van der Waals surface area contributed by atoms with Crippen LogP contribution in [0.2, 0.25) is 0 Å². The second-order valence-corrected chi connectivity index (χ2v) is 4.94. The van der Waals surface area contributed by atoms with Gasteiger partial charge in [-0.15, -0.1) is 0 Å². The summed E-state index contributed by atoms with van der Waals surface area (Å²) in [5, 5.41) is 12.7. The normalized spacial score (nSPS) is 12.6. The number of carbonyl (C=O) groups is 1. The van der Waals surface area contributed by atoms with Crippen molar-refractivity contribution in [2.24, 2.45) is 0 Å². The monoisotopic (exact) mass is 255 g/mol. The molecule has 1 aromatic heterocycles. The van der Waals surface area contributed by atoms with Crippen molar-refractivity contribution in [3.05, 3.63) is 18.5 Å². The van der Waals surface area contributed by atoms with Gasteiger partial charge in [0.15, 0.2) is 5.16 Å². The number of hydrogen-bond donors (Lipinski definition) is 2. The molecule has 5 nitrogen and oxygen atoms in total. The number of nitrogens with zero attached hydrogens (tertiary/aromatic N) is 2. The molecule has 0 amide bonds. The lowest BCUT2D eigenvalue weighted by Crippen LogP contribution is -2.41. The molecule has 0 bridgehead atoms. The van der Waals surface area contributed by atoms with Crippen LogP contribution in [0, 0.1) is 0 Å². The van der Waals surface area contributed by atoms with Gasteiger partial charge in [-0.3, -0.25) is 4.79 Å². The lowest BCUT2D eigenvalue weighted by molar-refractivity contribution is -0.139. The van der Waals surface area contributed by atoms with Crippen LogP contribution in [-0.2, 0) is 4.79 Å². The highest BCUT2D eigenvalue weighted by Crippen LogP contribution is 2.13. The van der Waals surface area contributed by atoms with Crippen molar-refractivity contribution in [3.63, 3.8) is 0 Å². The number of aromatic nitrogens is 2. The van der Waals surface area contributed by atoms with Crippen LogP contribution < -0.4 is 5.32 Å². The second-order valence-electron chi connectivity index (χ2n) is 3.88. The van der Waals surface area contributed by atoms with Gasteiger partial charge >= 0.3 is 5.97 Å². The number of rotatable bonds is 7. The summed E-state index contributed by atoms with van der Waals surface area (Å²) in [6.07, 6.45) is 3.91. The Morgan fingerprint density at radius 1 is 1.47 bits per heavy atom. The number of carboxylic acid groups (broad SMARTS) is 1. The van der Waals surface area contributed by atoms with Crippen molar-refractivity contribution >= 4 is 17.7 Å². The standard InChI is InChI=1S/C11H17N3O2S/c1-8(2)14-9(10(15)16)4-7-17-11-12-5-3-6-13-11/h3,5-6,8-9,14H,4,7H2,1-2H3,(H,15,16). The molecule has 17 heavy (non-hydrogen) atoms. The Kier molecular flexibility index (Phi) is 5.93. The van der Waals surface area contributed by atoms with E-state index in [-0.39, 0.29) is 6.04 Å². The van der Waals surface area contributed by atoms with Gasteiger partial charge in [-0.05, 0) is 12.5 Å². The number of carboxylic acids is 1. The minimum atomic E-state index is -0.812. The summed E-state index contributed by atoms with van der Waals surface area (Å²) in [6.45, 7) is 3.87. The van der Waals surface area contributed by atoms with E-state index in [1.807, 2.05) is 13.8 Å². The molecular weight excluding hydrogens is 238 g/mol. The maximum atomic E-state index is 11.0. The van der Waals surface area contributed by atoms with Crippen molar-refractivity contribution in [1.29, 1.82) is 0 Å². The van der Waals surface area contributed by atoms with Gasteiger partial charge in [0.25, 0.3) is 0 Å². The largest absolute Gasteiger partial charge is 0.480 e. The predicted molar refractivity (Wildman–Crippen MR) is 67.1 cm³/mol. The molecule has 6 heteroatoms. The lowest BCUT2D eigenvalue weighted by atomic mass is 10.2. The van der Waals surface area contributed by atoms with E-state index in [4.69, 9.17) is 5.11 Å². The van der Waals surface area contributed by atoms with Crippen molar-refractivity contribution in [2.75, 3.05) is 5.75 Å². The lowest BCUT2D eigenvalue weighted by Gasteiger charge is -2.16. The van der Waals surface area contributed by atoms with E-state index < -0.39 is 12.0 Å². The van der Waals surface area contributed by atoms with E-state index >= 15 is 0 Å². The van der Waals surface area contributed by atoms with Gasteiger partial charge in [-0.2, -0.15) is 0 Å². The fourth-order valence-electron chi connectivity index (χ4n) is 1.31. The van der Waals surface area contributed by atoms with Crippen LogP contribution in [-0.4, -0.2) is 38.9 Å². The average molecular weight is 255 g/mol. The zero-order valence-corrected chi connectivity index (χ0v) is 10.8. The molecule has 0 aliphatic rings. The third-order valence-electron chi connectivity index (χ3n) is 2.01. The fourth-order valence-corrected chi connectivity index (χ4v) is 2.12. The summed E-state index contributed by atoms with van der Waals surface area (Å²) in [5.41, 5.74) is 0. The first-order valence-electron chi connectivity index (χ1n) is 5.48. The van der Waals surface area contributed by atoms with Gasteiger partial charge in [0.05, 0.1) is 0 Å². The predicted octanol–water partition coefficient (Wildman–Crippen LogP) is 1.41. The van der Waals surface area contributed by atoms with Crippen molar-refractivity contribution in [2.45, 2.75) is 37.5 Å². The average Bonchev–Trinajstić information content (AvgIpc) is 2.28. The van der Waals surface area contributed by atoms with E-state index in [1.54, 1.807) is 18.5 Å². The van der Waals surface area contributed by atoms with E-state index in [0.717, 1.165) is 0 Å². The van der Waals surface area contributed by atoms with Crippen LogP contribution >= 0.6 is 11.8 Å². The highest BCUT2D eigenvalue weighted by molar-refractivity contribution is 7.99. The van der Waals surface area contributed by atoms with Crippen LogP contribution in [0.3, 0.4) is 0 Å². The molecule has 0 spiro atoms. The van der Waals surface area contributed by atoms with Crippen molar-refractivity contribution in [3.8, 4) is 0 Å². The molecule has 0 aliphatic heterocycles. The zero-order chi connectivity index (χ0) is 12.7. The molecule has 2 N–H and O–H groups in total. The first-order valence-corrected chi connectivity index (χ1v) is 6.47. The van der Waals surface area contributed by atoms with Crippen LogP contribution in [0.5, 0.6) is 0 Å². The minimum Gasteiger partial charge on any atom is -0.480 e. The maximum absolute atomic E-state index is 11.0. The van der Waals surface area contributed by atoms with Gasteiger partial charge in [0.1, 0.15) is 6.04 Å². The second kappa shape index (κ2) is 7.24. The molecule has 0 saturated carbocycles. The quantitative estimate of drug-likeness (QED) is 0.567. The van der Waals surface area contributed by atoms with Gasteiger partial charge < -0.3 is 10.4 Å². The Hall–Kier alpha value is -1.14. The molecule has 1 rings (SSSR count). The highest BCUT2D eigenvalue weighted by atomic mass is 32.2. The van der Waals surface area contributed by atoms with Crippen LogP contribution in [0.4, 0.5) is 0 Å². The smallest absolute Gasteiger partial charge is 0.320 e. The molecule has 1 aromatic rings. The zero-order valence-electron chi connectivity index (χ0n) is 9.96. The number of aliphatic carboxylic acids is 1. The SMILES string of the molecule is CC(C)NC(CCSc1ncccn1)C(=O)O. The third kappa shape index (κ3) is 5.65. The van der Waals surface area contributed by atoms with Gasteiger partial charge in [0, 0.05) is 24.2 Å². The summed E-state index contributed by atoms with van der Waals surface area (Å²) >= 11 is 1.47. The Morgan fingerprint density at radius 3 is 2.65 bits per heavy atom. The molecule has 0 saturated heterocycles. The molecule has 1 heterocycles. The van der Waals surface area contributed by atoms with E-state index in [0.29, 0.717) is 17.3 Å². The van der Waals surface area contributed by atoms with Crippen LogP contribution in [0.1, 0.15) is 20.3 Å². The first kappa shape index (κ1) is 13.9. The topological polar surface area (TPSA) is 75.1 Å². The Bertz CT molecular complexity index is 346. The number of thioether (sulfide) groups is 1. The van der Waals surface area contributed by atoms with Crippen molar-refractivity contribution < 1.29 is 9.90 Å². The van der Waals surface area contributed by atoms with E-state index in [2.05, 4.69) is 15.3 Å². The Labute approximate surface area is 105 Å². The Balaban J connectivity index is 2.35. The Morgan fingerprint density at radius 2 is 2.12 bits per heavy atom. The van der Waals surface area contributed by atoms with Gasteiger partial charge in [-0.1, -0.05) is 25.6 Å². The molecular formula is C11H17N3O2S. The summed E-state index contributed by atoms with van der Waals surface area (Å²) < 4.78 is 0. The van der Waals surface area contributed by atoms with Gasteiger partial charge in [0.2, 0.25) is 0 Å². The first-order chi connectivity index (χ1) is 8.09. The molecule has 0 aromatic carbocycles. The molecule has 0 aliphatic carbocycles. The molecule has 94 valence electrons. The summed E-state index contributed by atoms with van der Waals surface area (Å²) in [5.74, 6) is -0.131. The van der Waals surface area contributed by atoms with Crippen molar-refractivity contribution in [1.82, 2.24) is 15.3 Å². The molecule has 1 atom stereocenters. The summed E-state index contributed by atoms with van der Waals surface area (Å²) in [6, 6.07) is 1.41. The van der Waals surface area contributed by atoms with Gasteiger partial charge in [-0.25, -0.2) is 9.97 Å². The fraction of sp³-hybridized carbons (Fsp3) is 0.545. The molecule has 1 unspecified atom stereocenters. The summed E-state index contributed by atoms with van der Waals surface area (Å²) in [4.78, 5) is 19.1. The van der Waals surface area contributed by atoms with Crippen LogP contribution in [0.15, 0.2) is 23.6 Å². The molecule has 0 fully saturated rings. The minimum absolute atomic E-state index is 0.161. The number of hydrogen-bond acceptors (Lipinski definition) is 5. The van der Waals surface area contributed by atoms with E-state index in [9.17, 15) is 4.79 Å². The molecule has 0 radical (unpaired) electrons.